The second-order valence-corrected chi connectivity index (χ2v) is 8.23. The minimum Gasteiger partial charge on any atom is -0.456 e. The Morgan fingerprint density at radius 2 is 1.64 bits per heavy atom. The molecule has 1 aromatic heterocycles. The third-order valence-corrected chi connectivity index (χ3v) is 6.28. The van der Waals surface area contributed by atoms with Crippen molar-refractivity contribution >= 4 is 23.6 Å². The summed E-state index contributed by atoms with van der Waals surface area (Å²) in [6.45, 7) is 3.09. The number of fused-ring (bicyclic) bond motifs is 1. The lowest BCUT2D eigenvalue weighted by atomic mass is 9.81. The SMILES string of the molecule is Cc1cc(C(=O)COC(=O)CN2C(=O)[C@H]3CCCC[C@H]3C2=O)c(C)n1C1CC1. The Morgan fingerprint density at radius 3 is 2.21 bits per heavy atom. The van der Waals surface area contributed by atoms with Gasteiger partial charge in [0.25, 0.3) is 0 Å². The van der Waals surface area contributed by atoms with E-state index in [4.69, 9.17) is 4.74 Å². The van der Waals surface area contributed by atoms with Crippen molar-refractivity contribution in [2.45, 2.75) is 58.4 Å². The third kappa shape index (κ3) is 3.27. The summed E-state index contributed by atoms with van der Waals surface area (Å²) in [6.07, 6.45) is 5.53. The normalized spacial score (nSPS) is 24.4. The van der Waals surface area contributed by atoms with Crippen molar-refractivity contribution in [3.8, 4) is 0 Å². The molecule has 0 bridgehead atoms. The van der Waals surface area contributed by atoms with Crippen LogP contribution >= 0.6 is 0 Å². The van der Waals surface area contributed by atoms with Crippen molar-refractivity contribution in [2.75, 3.05) is 13.2 Å². The number of imide groups is 1. The Bertz CT molecular complexity index is 827. The monoisotopic (exact) mass is 386 g/mol. The molecule has 3 fully saturated rings. The number of esters is 1. The maximum atomic E-state index is 12.5. The van der Waals surface area contributed by atoms with E-state index in [2.05, 4.69) is 4.57 Å². The van der Waals surface area contributed by atoms with E-state index in [1.165, 1.54) is 0 Å². The van der Waals surface area contributed by atoms with Crippen molar-refractivity contribution in [3.05, 3.63) is 23.0 Å². The maximum absolute atomic E-state index is 12.5. The smallest absolute Gasteiger partial charge is 0.326 e. The number of rotatable bonds is 6. The summed E-state index contributed by atoms with van der Waals surface area (Å²) in [5.74, 6) is -2.10. The topological polar surface area (TPSA) is 85.7 Å². The van der Waals surface area contributed by atoms with Crippen LogP contribution in [0.2, 0.25) is 0 Å². The molecule has 0 aromatic carbocycles. The van der Waals surface area contributed by atoms with Gasteiger partial charge in [0.15, 0.2) is 6.61 Å². The molecule has 2 atom stereocenters. The van der Waals surface area contributed by atoms with Gasteiger partial charge in [-0.05, 0) is 45.6 Å². The molecule has 4 rings (SSSR count). The van der Waals surface area contributed by atoms with E-state index < -0.39 is 12.5 Å². The first-order chi connectivity index (χ1) is 13.4. The molecular weight excluding hydrogens is 360 g/mol. The van der Waals surface area contributed by atoms with Gasteiger partial charge in [0, 0.05) is 23.0 Å². The number of carbonyl (C=O) groups excluding carboxylic acids is 4. The van der Waals surface area contributed by atoms with Gasteiger partial charge in [-0.15, -0.1) is 0 Å². The van der Waals surface area contributed by atoms with E-state index >= 15 is 0 Å². The Labute approximate surface area is 164 Å². The summed E-state index contributed by atoms with van der Waals surface area (Å²) < 4.78 is 7.27. The molecule has 28 heavy (non-hydrogen) atoms. The first kappa shape index (κ1) is 18.9. The average Bonchev–Trinajstić information content (AvgIpc) is 3.43. The summed E-state index contributed by atoms with van der Waals surface area (Å²) in [5.41, 5.74) is 2.50. The molecule has 7 heteroatoms. The number of amides is 2. The number of aryl methyl sites for hydroxylation is 1. The number of hydrogen-bond acceptors (Lipinski definition) is 5. The van der Waals surface area contributed by atoms with Crippen LogP contribution in [0.25, 0.3) is 0 Å². The Morgan fingerprint density at radius 1 is 1.04 bits per heavy atom. The van der Waals surface area contributed by atoms with E-state index in [0.717, 1.165) is 42.0 Å². The molecule has 2 amide bonds. The lowest BCUT2D eigenvalue weighted by Gasteiger charge is -2.19. The number of likely N-dealkylation sites (tertiary alicyclic amines) is 1. The summed E-state index contributed by atoms with van der Waals surface area (Å²) in [5, 5.41) is 0. The lowest BCUT2D eigenvalue weighted by Crippen LogP contribution is -2.37. The van der Waals surface area contributed by atoms with Crippen molar-refractivity contribution in [1.82, 2.24) is 9.47 Å². The van der Waals surface area contributed by atoms with E-state index in [9.17, 15) is 19.2 Å². The number of ketones is 1. The Hall–Kier alpha value is -2.44. The standard InChI is InChI=1S/C21H26N2O5/c1-12-9-17(13(2)23(12)14-7-8-14)18(24)11-28-19(25)10-22-20(26)15-5-3-4-6-16(15)21(22)27/h9,14-16H,3-8,10-11H2,1-2H3/t15-,16+. The summed E-state index contributed by atoms with van der Waals surface area (Å²) in [7, 11) is 0. The predicted octanol–water partition coefficient (Wildman–Crippen LogP) is 2.34. The molecule has 0 unspecified atom stereocenters. The highest BCUT2D eigenvalue weighted by atomic mass is 16.5. The van der Waals surface area contributed by atoms with E-state index in [-0.39, 0.29) is 36.0 Å². The first-order valence-corrected chi connectivity index (χ1v) is 10.1. The van der Waals surface area contributed by atoms with Crippen LogP contribution in [-0.2, 0) is 19.1 Å². The number of carbonyl (C=O) groups is 4. The van der Waals surface area contributed by atoms with Crippen LogP contribution in [0.5, 0.6) is 0 Å². The zero-order chi connectivity index (χ0) is 20.0. The van der Waals surface area contributed by atoms with Gasteiger partial charge >= 0.3 is 5.97 Å². The zero-order valence-corrected chi connectivity index (χ0v) is 16.4. The molecule has 7 nitrogen and oxygen atoms in total. The fourth-order valence-corrected chi connectivity index (χ4v) is 4.74. The van der Waals surface area contributed by atoms with Gasteiger partial charge in [-0.1, -0.05) is 12.8 Å². The third-order valence-electron chi connectivity index (χ3n) is 6.28. The fourth-order valence-electron chi connectivity index (χ4n) is 4.74. The van der Waals surface area contributed by atoms with Crippen molar-refractivity contribution in [1.29, 1.82) is 0 Å². The quantitative estimate of drug-likeness (QED) is 0.426. The van der Waals surface area contributed by atoms with E-state index in [1.54, 1.807) is 0 Å². The van der Waals surface area contributed by atoms with Gasteiger partial charge in [0.2, 0.25) is 17.6 Å². The molecule has 1 saturated heterocycles. The molecule has 2 heterocycles. The van der Waals surface area contributed by atoms with E-state index in [0.29, 0.717) is 24.4 Å². The second-order valence-electron chi connectivity index (χ2n) is 8.23. The summed E-state index contributed by atoms with van der Waals surface area (Å²) >= 11 is 0. The van der Waals surface area contributed by atoms with Crippen LogP contribution in [0.4, 0.5) is 0 Å². The van der Waals surface area contributed by atoms with Crippen molar-refractivity contribution in [2.24, 2.45) is 11.8 Å². The van der Waals surface area contributed by atoms with Crippen molar-refractivity contribution < 1.29 is 23.9 Å². The molecule has 2 aliphatic carbocycles. The average molecular weight is 386 g/mol. The van der Waals surface area contributed by atoms with Gasteiger partial charge in [-0.25, -0.2) is 0 Å². The summed E-state index contributed by atoms with van der Waals surface area (Å²) in [6, 6.07) is 2.31. The van der Waals surface area contributed by atoms with Crippen LogP contribution in [0.1, 0.15) is 66.3 Å². The highest BCUT2D eigenvalue weighted by Gasteiger charge is 2.48. The molecule has 3 aliphatic rings. The summed E-state index contributed by atoms with van der Waals surface area (Å²) in [4.78, 5) is 50.6. The molecule has 0 spiro atoms. The Kier molecular flexibility index (Phi) is 4.85. The van der Waals surface area contributed by atoms with Crippen LogP contribution in [0.3, 0.4) is 0 Å². The van der Waals surface area contributed by atoms with Crippen LogP contribution < -0.4 is 0 Å². The highest BCUT2D eigenvalue weighted by molar-refractivity contribution is 6.07. The van der Waals surface area contributed by atoms with Crippen LogP contribution in [0, 0.1) is 25.7 Å². The van der Waals surface area contributed by atoms with Crippen LogP contribution in [-0.4, -0.2) is 46.2 Å². The lowest BCUT2D eigenvalue weighted by molar-refractivity contribution is -0.152. The Balaban J connectivity index is 1.35. The van der Waals surface area contributed by atoms with Gasteiger partial charge < -0.3 is 9.30 Å². The molecule has 2 saturated carbocycles. The number of hydrogen-bond donors (Lipinski definition) is 0. The zero-order valence-electron chi connectivity index (χ0n) is 16.4. The van der Waals surface area contributed by atoms with E-state index in [1.807, 2.05) is 19.9 Å². The molecule has 1 aliphatic heterocycles. The molecule has 1 aromatic rings. The molecule has 0 radical (unpaired) electrons. The molecular formula is C21H26N2O5. The minimum absolute atomic E-state index is 0.263. The van der Waals surface area contributed by atoms with Crippen molar-refractivity contribution in [3.63, 3.8) is 0 Å². The highest BCUT2D eigenvalue weighted by Crippen LogP contribution is 2.39. The maximum Gasteiger partial charge on any atom is 0.326 e. The number of ether oxygens (including phenoxy) is 1. The first-order valence-electron chi connectivity index (χ1n) is 10.1. The van der Waals surface area contributed by atoms with Gasteiger partial charge in [-0.2, -0.15) is 0 Å². The van der Waals surface area contributed by atoms with Crippen LogP contribution in [0.15, 0.2) is 6.07 Å². The van der Waals surface area contributed by atoms with Gasteiger partial charge in [0.05, 0.1) is 11.8 Å². The molecule has 0 N–H and O–H groups in total. The number of aromatic nitrogens is 1. The minimum atomic E-state index is -0.718. The largest absolute Gasteiger partial charge is 0.456 e. The van der Waals surface area contributed by atoms with Gasteiger partial charge in [-0.3, -0.25) is 24.1 Å². The molecule has 150 valence electrons. The van der Waals surface area contributed by atoms with Gasteiger partial charge in [0.1, 0.15) is 6.54 Å². The number of Topliss-reactive ketones (excluding diaryl/α,β-unsaturated/α-hetero) is 1. The predicted molar refractivity (Wildman–Crippen MR) is 99.6 cm³/mol. The number of nitrogens with zero attached hydrogens (tertiary/aromatic N) is 2. The fraction of sp³-hybridized carbons (Fsp3) is 0.619. The second kappa shape index (κ2) is 7.18.